The molecule has 2 unspecified atom stereocenters. The van der Waals surface area contributed by atoms with E-state index in [-0.39, 0.29) is 36.8 Å². The van der Waals surface area contributed by atoms with Gasteiger partial charge in [-0.3, -0.25) is 4.79 Å². The zero-order chi connectivity index (χ0) is 16.4. The summed E-state index contributed by atoms with van der Waals surface area (Å²) in [5, 5.41) is 3.19. The Balaban J connectivity index is 0.00000156. The van der Waals surface area contributed by atoms with Gasteiger partial charge in [-0.05, 0) is 38.5 Å². The summed E-state index contributed by atoms with van der Waals surface area (Å²) >= 11 is 1.70. The number of carbonyl (C=O) groups is 1. The monoisotopic (exact) mass is 408 g/mol. The Bertz CT molecular complexity index is 549. The quantitative estimate of drug-likeness (QED) is 0.834. The molecular weight excluding hydrogens is 379 g/mol. The zero-order valence-electron chi connectivity index (χ0n) is 15.0. The number of aromatic nitrogens is 1. The van der Waals surface area contributed by atoms with Crippen molar-refractivity contribution in [3.63, 3.8) is 0 Å². The van der Waals surface area contributed by atoms with E-state index in [1.807, 2.05) is 6.92 Å². The maximum atomic E-state index is 12.9. The van der Waals surface area contributed by atoms with E-state index in [1.165, 1.54) is 0 Å². The number of amides is 1. The molecule has 2 atom stereocenters. The molecule has 0 radical (unpaired) electrons. The highest BCUT2D eigenvalue weighted by molar-refractivity contribution is 7.13. The van der Waals surface area contributed by atoms with Crippen molar-refractivity contribution < 1.29 is 4.79 Å². The standard InChI is InChI=1S/C17H28N4OS.2ClH/c1-12-3-8-21(15(9-12)10-18)16(22)14-4-6-20(7-5-14)17-19-13(2)11-23-17;;/h11-12,14-15H,3-10,18H2,1-2H3;2*1H. The average molecular weight is 409 g/mol. The molecule has 2 saturated heterocycles. The van der Waals surface area contributed by atoms with E-state index in [0.29, 0.717) is 18.4 Å². The van der Waals surface area contributed by atoms with E-state index in [2.05, 4.69) is 27.1 Å². The highest BCUT2D eigenvalue weighted by atomic mass is 35.5. The third kappa shape index (κ3) is 5.22. The van der Waals surface area contributed by atoms with E-state index in [4.69, 9.17) is 5.73 Å². The predicted octanol–water partition coefficient (Wildman–Crippen LogP) is 3.10. The summed E-state index contributed by atoms with van der Waals surface area (Å²) in [5.74, 6) is 1.18. The second-order valence-electron chi connectivity index (χ2n) is 7.08. The minimum Gasteiger partial charge on any atom is -0.348 e. The van der Waals surface area contributed by atoms with Gasteiger partial charge in [-0.25, -0.2) is 4.98 Å². The summed E-state index contributed by atoms with van der Waals surface area (Å²) in [5.41, 5.74) is 6.99. The average Bonchev–Trinajstić information content (AvgIpc) is 3.00. The van der Waals surface area contributed by atoms with Crippen LogP contribution in [-0.2, 0) is 4.79 Å². The lowest BCUT2D eigenvalue weighted by Gasteiger charge is -2.41. The fourth-order valence-electron chi connectivity index (χ4n) is 3.80. The molecule has 2 N–H and O–H groups in total. The second-order valence-corrected chi connectivity index (χ2v) is 7.92. The SMILES string of the molecule is Cc1csc(N2CCC(C(=O)N3CCC(C)CC3CN)CC2)n1.Cl.Cl. The number of piperidine rings is 2. The number of halogens is 2. The van der Waals surface area contributed by atoms with Crippen LogP contribution in [0.15, 0.2) is 5.38 Å². The molecule has 5 nitrogen and oxygen atoms in total. The Hall–Kier alpha value is -0.560. The first-order valence-electron chi connectivity index (χ1n) is 8.76. The molecule has 1 aromatic heterocycles. The van der Waals surface area contributed by atoms with Crippen molar-refractivity contribution in [2.75, 3.05) is 31.1 Å². The largest absolute Gasteiger partial charge is 0.348 e. The number of hydrogen-bond acceptors (Lipinski definition) is 5. The first kappa shape index (κ1) is 22.5. The number of rotatable bonds is 3. The Morgan fingerprint density at radius 3 is 2.52 bits per heavy atom. The molecular formula is C17H30Cl2N4OS. The van der Waals surface area contributed by atoms with Gasteiger partial charge in [-0.15, -0.1) is 36.2 Å². The molecule has 144 valence electrons. The van der Waals surface area contributed by atoms with Crippen LogP contribution >= 0.6 is 36.2 Å². The minimum atomic E-state index is 0. The van der Waals surface area contributed by atoms with E-state index >= 15 is 0 Å². The lowest BCUT2D eigenvalue weighted by atomic mass is 9.89. The van der Waals surface area contributed by atoms with Crippen molar-refractivity contribution in [2.24, 2.45) is 17.6 Å². The molecule has 1 aromatic rings. The van der Waals surface area contributed by atoms with Gasteiger partial charge >= 0.3 is 0 Å². The van der Waals surface area contributed by atoms with Gasteiger partial charge < -0.3 is 15.5 Å². The molecule has 8 heteroatoms. The fraction of sp³-hybridized carbons (Fsp3) is 0.765. The third-order valence-electron chi connectivity index (χ3n) is 5.25. The molecule has 3 heterocycles. The molecule has 0 spiro atoms. The predicted molar refractivity (Wildman–Crippen MR) is 109 cm³/mol. The molecule has 0 bridgehead atoms. The number of carbonyl (C=O) groups excluding carboxylic acids is 1. The summed E-state index contributed by atoms with van der Waals surface area (Å²) < 4.78 is 0. The number of likely N-dealkylation sites (tertiary alicyclic amines) is 1. The van der Waals surface area contributed by atoms with Crippen LogP contribution in [0.4, 0.5) is 5.13 Å². The lowest BCUT2D eigenvalue weighted by molar-refractivity contribution is -0.140. The maximum absolute atomic E-state index is 12.9. The topological polar surface area (TPSA) is 62.5 Å². The van der Waals surface area contributed by atoms with Crippen LogP contribution in [0.5, 0.6) is 0 Å². The summed E-state index contributed by atoms with van der Waals surface area (Å²) in [6.45, 7) is 7.63. The Morgan fingerprint density at radius 1 is 1.28 bits per heavy atom. The highest BCUT2D eigenvalue weighted by Crippen LogP contribution is 2.29. The van der Waals surface area contributed by atoms with Gasteiger partial charge in [-0.1, -0.05) is 6.92 Å². The van der Waals surface area contributed by atoms with Crippen LogP contribution in [0.3, 0.4) is 0 Å². The van der Waals surface area contributed by atoms with Crippen LogP contribution in [0.25, 0.3) is 0 Å². The minimum absolute atomic E-state index is 0. The summed E-state index contributed by atoms with van der Waals surface area (Å²) in [6.07, 6.45) is 4.03. The molecule has 1 amide bonds. The summed E-state index contributed by atoms with van der Waals surface area (Å²) in [7, 11) is 0. The van der Waals surface area contributed by atoms with Gasteiger partial charge in [0.05, 0.1) is 5.69 Å². The maximum Gasteiger partial charge on any atom is 0.226 e. The van der Waals surface area contributed by atoms with Crippen LogP contribution in [-0.4, -0.2) is 48.0 Å². The van der Waals surface area contributed by atoms with Gasteiger partial charge in [0.1, 0.15) is 0 Å². The zero-order valence-corrected chi connectivity index (χ0v) is 17.5. The number of hydrogen-bond donors (Lipinski definition) is 1. The van der Waals surface area contributed by atoms with Crippen LogP contribution in [0.1, 0.15) is 38.3 Å². The normalized spacial score (nSPS) is 24.4. The van der Waals surface area contributed by atoms with Crippen LogP contribution < -0.4 is 10.6 Å². The lowest BCUT2D eigenvalue weighted by Crippen LogP contribution is -2.52. The number of nitrogens with zero attached hydrogens (tertiary/aromatic N) is 3. The van der Waals surface area contributed by atoms with Gasteiger partial charge in [-0.2, -0.15) is 0 Å². The number of aryl methyl sites for hydroxylation is 1. The van der Waals surface area contributed by atoms with Gasteiger partial charge in [0.2, 0.25) is 5.91 Å². The van der Waals surface area contributed by atoms with E-state index in [9.17, 15) is 4.79 Å². The molecule has 2 aliphatic heterocycles. The highest BCUT2D eigenvalue weighted by Gasteiger charge is 2.34. The van der Waals surface area contributed by atoms with E-state index in [1.54, 1.807) is 11.3 Å². The van der Waals surface area contributed by atoms with E-state index in [0.717, 1.165) is 56.1 Å². The van der Waals surface area contributed by atoms with Crippen LogP contribution in [0.2, 0.25) is 0 Å². The summed E-state index contributed by atoms with van der Waals surface area (Å²) in [4.78, 5) is 21.9. The molecule has 25 heavy (non-hydrogen) atoms. The molecule has 0 aliphatic carbocycles. The Morgan fingerprint density at radius 2 is 1.96 bits per heavy atom. The second kappa shape index (κ2) is 9.95. The first-order chi connectivity index (χ1) is 11.1. The van der Waals surface area contributed by atoms with Crippen molar-refractivity contribution in [1.29, 1.82) is 0 Å². The Labute approximate surface area is 167 Å². The van der Waals surface area contributed by atoms with Gasteiger partial charge in [0.15, 0.2) is 5.13 Å². The third-order valence-corrected chi connectivity index (χ3v) is 6.27. The van der Waals surface area contributed by atoms with Crippen molar-refractivity contribution >= 4 is 47.2 Å². The molecule has 0 saturated carbocycles. The number of thiazole rings is 1. The fourth-order valence-corrected chi connectivity index (χ4v) is 4.66. The van der Waals surface area contributed by atoms with Crippen molar-refractivity contribution in [3.05, 3.63) is 11.1 Å². The van der Waals surface area contributed by atoms with Crippen molar-refractivity contribution in [1.82, 2.24) is 9.88 Å². The van der Waals surface area contributed by atoms with Gasteiger partial charge in [0.25, 0.3) is 0 Å². The molecule has 2 aliphatic rings. The van der Waals surface area contributed by atoms with Crippen molar-refractivity contribution in [2.45, 2.75) is 45.6 Å². The number of anilines is 1. The van der Waals surface area contributed by atoms with Crippen molar-refractivity contribution in [3.8, 4) is 0 Å². The molecule has 0 aromatic carbocycles. The van der Waals surface area contributed by atoms with Crippen LogP contribution in [0, 0.1) is 18.8 Å². The molecule has 3 rings (SSSR count). The smallest absolute Gasteiger partial charge is 0.226 e. The number of nitrogens with two attached hydrogens (primary N) is 1. The van der Waals surface area contributed by atoms with Gasteiger partial charge in [0, 0.05) is 43.5 Å². The van der Waals surface area contributed by atoms with E-state index < -0.39 is 0 Å². The summed E-state index contributed by atoms with van der Waals surface area (Å²) in [6, 6.07) is 0.242. The first-order valence-corrected chi connectivity index (χ1v) is 9.64. The molecule has 2 fully saturated rings. The Kier molecular flexibility index (Phi) is 8.95.